The van der Waals surface area contributed by atoms with E-state index in [2.05, 4.69) is 10.6 Å². The Morgan fingerprint density at radius 3 is 2.75 bits per heavy atom. The molecule has 2 saturated heterocycles. The Morgan fingerprint density at radius 2 is 2.12 bits per heavy atom. The van der Waals surface area contributed by atoms with Crippen molar-refractivity contribution < 1.29 is 9.53 Å². The van der Waals surface area contributed by atoms with E-state index < -0.39 is 0 Å². The van der Waals surface area contributed by atoms with E-state index in [-0.39, 0.29) is 18.4 Å². The van der Waals surface area contributed by atoms with Crippen LogP contribution in [-0.4, -0.2) is 56.4 Å². The minimum atomic E-state index is 0. The number of hydrogen-bond acceptors (Lipinski definition) is 3. The molecule has 0 unspecified atom stereocenters. The molecule has 2 N–H and O–H groups in total. The lowest BCUT2D eigenvalue weighted by molar-refractivity contribution is 0.0523. The van der Waals surface area contributed by atoms with E-state index in [1.54, 1.807) is 0 Å². The van der Waals surface area contributed by atoms with Crippen LogP contribution in [-0.2, 0) is 4.74 Å². The van der Waals surface area contributed by atoms with Crippen LogP contribution in [0.25, 0.3) is 0 Å². The average Bonchev–Trinajstić information content (AvgIpc) is 2.31. The molecule has 0 spiro atoms. The summed E-state index contributed by atoms with van der Waals surface area (Å²) >= 11 is 0. The molecule has 2 rings (SSSR count). The van der Waals surface area contributed by atoms with Gasteiger partial charge in [0.1, 0.15) is 0 Å². The molecule has 0 aromatic heterocycles. The fourth-order valence-electron chi connectivity index (χ4n) is 2.01. The van der Waals surface area contributed by atoms with Gasteiger partial charge in [-0.05, 0) is 19.4 Å². The number of halogens is 1. The van der Waals surface area contributed by atoms with Crippen LogP contribution < -0.4 is 10.6 Å². The van der Waals surface area contributed by atoms with Gasteiger partial charge in [-0.25, -0.2) is 4.79 Å². The highest BCUT2D eigenvalue weighted by molar-refractivity contribution is 5.85. The molecule has 1 atom stereocenters. The van der Waals surface area contributed by atoms with Gasteiger partial charge in [0, 0.05) is 25.7 Å². The Hall–Kier alpha value is -0.520. The van der Waals surface area contributed by atoms with E-state index in [4.69, 9.17) is 4.74 Å². The number of carbonyl (C=O) groups is 1. The summed E-state index contributed by atoms with van der Waals surface area (Å²) < 4.78 is 5.21. The third kappa shape index (κ3) is 3.81. The number of piperidine rings is 1. The molecule has 16 heavy (non-hydrogen) atoms. The Kier molecular flexibility index (Phi) is 5.87. The van der Waals surface area contributed by atoms with Crippen molar-refractivity contribution in [3.05, 3.63) is 0 Å². The van der Waals surface area contributed by atoms with Crippen LogP contribution in [0.15, 0.2) is 0 Å². The standard InChI is InChI=1S/C10H19N3O2.ClH/c14-10(13-4-6-15-7-5-13)12-9-2-1-3-11-8-9;/h9,11H,1-8H2,(H,12,14);1H/t9-;/m0./s1. The van der Waals surface area contributed by atoms with Crippen molar-refractivity contribution >= 4 is 18.4 Å². The molecule has 94 valence electrons. The lowest BCUT2D eigenvalue weighted by Crippen LogP contribution is -2.52. The smallest absolute Gasteiger partial charge is 0.317 e. The van der Waals surface area contributed by atoms with Crippen LogP contribution in [0.3, 0.4) is 0 Å². The van der Waals surface area contributed by atoms with E-state index in [1.165, 1.54) is 0 Å². The maximum Gasteiger partial charge on any atom is 0.317 e. The molecule has 2 amide bonds. The van der Waals surface area contributed by atoms with E-state index in [0.717, 1.165) is 25.9 Å². The lowest BCUT2D eigenvalue weighted by Gasteiger charge is -2.30. The van der Waals surface area contributed by atoms with Crippen LogP contribution >= 0.6 is 12.4 Å². The molecule has 0 aromatic carbocycles. The predicted octanol–water partition coefficient (Wildman–Crippen LogP) is 0.202. The number of nitrogens with zero attached hydrogens (tertiary/aromatic N) is 1. The van der Waals surface area contributed by atoms with Gasteiger partial charge in [0.15, 0.2) is 0 Å². The molecule has 2 aliphatic rings. The number of morpholine rings is 1. The molecular weight excluding hydrogens is 230 g/mol. The average molecular weight is 250 g/mol. The first-order chi connectivity index (χ1) is 7.36. The van der Waals surface area contributed by atoms with Crippen LogP contribution in [0.5, 0.6) is 0 Å². The van der Waals surface area contributed by atoms with Gasteiger partial charge in [-0.1, -0.05) is 0 Å². The zero-order valence-corrected chi connectivity index (χ0v) is 10.2. The molecule has 2 aliphatic heterocycles. The van der Waals surface area contributed by atoms with Gasteiger partial charge in [0.25, 0.3) is 0 Å². The molecule has 2 fully saturated rings. The Morgan fingerprint density at radius 1 is 1.38 bits per heavy atom. The van der Waals surface area contributed by atoms with Crippen molar-refractivity contribution in [2.45, 2.75) is 18.9 Å². The highest BCUT2D eigenvalue weighted by atomic mass is 35.5. The number of nitrogens with one attached hydrogen (secondary N) is 2. The minimum absolute atomic E-state index is 0. The van der Waals surface area contributed by atoms with Crippen molar-refractivity contribution in [3.8, 4) is 0 Å². The molecule has 0 bridgehead atoms. The summed E-state index contributed by atoms with van der Waals surface area (Å²) in [6, 6.07) is 0.362. The van der Waals surface area contributed by atoms with Crippen LogP contribution in [0.4, 0.5) is 4.79 Å². The lowest BCUT2D eigenvalue weighted by atomic mass is 10.1. The van der Waals surface area contributed by atoms with Crippen LogP contribution in [0.2, 0.25) is 0 Å². The van der Waals surface area contributed by atoms with Gasteiger partial charge in [-0.3, -0.25) is 0 Å². The largest absolute Gasteiger partial charge is 0.378 e. The summed E-state index contributed by atoms with van der Waals surface area (Å²) in [6.07, 6.45) is 2.23. The number of amides is 2. The Bertz CT molecular complexity index is 216. The normalized spacial score (nSPS) is 25.8. The number of carbonyl (C=O) groups excluding carboxylic acids is 1. The van der Waals surface area contributed by atoms with Gasteiger partial charge in [-0.2, -0.15) is 0 Å². The Balaban J connectivity index is 0.00000128. The molecule has 0 radical (unpaired) electrons. The topological polar surface area (TPSA) is 53.6 Å². The van der Waals surface area contributed by atoms with E-state index >= 15 is 0 Å². The number of rotatable bonds is 1. The van der Waals surface area contributed by atoms with Crippen LogP contribution in [0, 0.1) is 0 Å². The summed E-state index contributed by atoms with van der Waals surface area (Å²) in [5, 5.41) is 6.34. The first kappa shape index (κ1) is 13.5. The highest BCUT2D eigenvalue weighted by Crippen LogP contribution is 2.03. The van der Waals surface area contributed by atoms with Gasteiger partial charge < -0.3 is 20.3 Å². The Labute approximate surface area is 102 Å². The second-order valence-corrected chi connectivity index (χ2v) is 4.09. The third-order valence-corrected chi connectivity index (χ3v) is 2.92. The first-order valence-corrected chi connectivity index (χ1v) is 5.70. The van der Waals surface area contributed by atoms with Crippen molar-refractivity contribution in [2.24, 2.45) is 0 Å². The van der Waals surface area contributed by atoms with Gasteiger partial charge >= 0.3 is 6.03 Å². The fraction of sp³-hybridized carbons (Fsp3) is 0.900. The summed E-state index contributed by atoms with van der Waals surface area (Å²) in [4.78, 5) is 13.6. The summed E-state index contributed by atoms with van der Waals surface area (Å²) in [5.41, 5.74) is 0. The first-order valence-electron chi connectivity index (χ1n) is 5.70. The molecular formula is C10H20ClN3O2. The molecule has 0 saturated carbocycles. The summed E-state index contributed by atoms with van der Waals surface area (Å²) in [7, 11) is 0. The molecule has 5 nitrogen and oxygen atoms in total. The number of ether oxygens (including phenoxy) is 1. The van der Waals surface area contributed by atoms with Gasteiger partial charge in [0.2, 0.25) is 0 Å². The monoisotopic (exact) mass is 249 g/mol. The SMILES string of the molecule is Cl.O=C(N[C@H]1CCCNC1)N1CCOCC1. The van der Waals surface area contributed by atoms with E-state index in [0.29, 0.717) is 32.3 Å². The maximum atomic E-state index is 11.8. The van der Waals surface area contributed by atoms with Gasteiger partial charge in [-0.15, -0.1) is 12.4 Å². The quantitative estimate of drug-likeness (QED) is 0.698. The number of hydrogen-bond donors (Lipinski definition) is 2. The minimum Gasteiger partial charge on any atom is -0.378 e. The third-order valence-electron chi connectivity index (χ3n) is 2.92. The van der Waals surface area contributed by atoms with E-state index in [9.17, 15) is 4.79 Å². The highest BCUT2D eigenvalue weighted by Gasteiger charge is 2.20. The molecule has 2 heterocycles. The van der Waals surface area contributed by atoms with Crippen molar-refractivity contribution in [3.63, 3.8) is 0 Å². The second kappa shape index (κ2) is 6.93. The maximum absolute atomic E-state index is 11.8. The molecule has 6 heteroatoms. The van der Waals surface area contributed by atoms with Crippen LogP contribution in [0.1, 0.15) is 12.8 Å². The fourth-order valence-corrected chi connectivity index (χ4v) is 2.01. The van der Waals surface area contributed by atoms with Crippen molar-refractivity contribution in [1.29, 1.82) is 0 Å². The van der Waals surface area contributed by atoms with E-state index in [1.807, 2.05) is 4.90 Å². The molecule has 0 aromatic rings. The zero-order valence-electron chi connectivity index (χ0n) is 9.41. The van der Waals surface area contributed by atoms with Gasteiger partial charge in [0.05, 0.1) is 13.2 Å². The predicted molar refractivity (Wildman–Crippen MR) is 64.1 cm³/mol. The van der Waals surface area contributed by atoms with Crippen molar-refractivity contribution in [1.82, 2.24) is 15.5 Å². The summed E-state index contributed by atoms with van der Waals surface area (Å²) in [5.74, 6) is 0. The van der Waals surface area contributed by atoms with Crippen molar-refractivity contribution in [2.75, 3.05) is 39.4 Å². The summed E-state index contributed by atoms with van der Waals surface area (Å²) in [6.45, 7) is 4.73. The number of urea groups is 1. The second-order valence-electron chi connectivity index (χ2n) is 4.09. The molecule has 0 aliphatic carbocycles. The zero-order chi connectivity index (χ0) is 10.5.